The zero-order chi connectivity index (χ0) is 8.49. The summed E-state index contributed by atoms with van der Waals surface area (Å²) in [5.74, 6) is 1.15. The zero-order valence-electron chi connectivity index (χ0n) is 6.76. The van der Waals surface area contributed by atoms with Crippen molar-refractivity contribution in [1.29, 1.82) is 0 Å². The topological polar surface area (TPSA) is 12.9 Å². The number of allylic oxidation sites excluding steroid dienone is 2. The van der Waals surface area contributed by atoms with E-state index >= 15 is 0 Å². The summed E-state index contributed by atoms with van der Waals surface area (Å²) in [6.45, 7) is 0. The van der Waals surface area contributed by atoms with Crippen molar-refractivity contribution in [1.82, 2.24) is 4.98 Å². The fourth-order valence-corrected chi connectivity index (χ4v) is 1.19. The number of thioether (sulfide) groups is 1. The van der Waals surface area contributed by atoms with E-state index in [-0.39, 0.29) is 0 Å². The van der Waals surface area contributed by atoms with Crippen molar-refractivity contribution in [2.24, 2.45) is 0 Å². The van der Waals surface area contributed by atoms with Crippen LogP contribution in [0, 0.1) is 0 Å². The summed E-state index contributed by atoms with van der Waals surface area (Å²) in [6, 6.07) is 5.72. The van der Waals surface area contributed by atoms with Crippen LogP contribution in [0.4, 0.5) is 0 Å². The van der Waals surface area contributed by atoms with E-state index in [0.717, 1.165) is 5.75 Å². The number of aromatic nitrogens is 1. The molecule has 0 saturated carbocycles. The van der Waals surface area contributed by atoms with E-state index in [0.29, 0.717) is 0 Å². The predicted octanol–water partition coefficient (Wildman–Crippen LogP) is 2.88. The molecule has 1 aromatic rings. The lowest BCUT2D eigenvalue weighted by atomic mass is 10.5. The SMILES string of the molecule is C1=CCSC=C1.c1ccncc1. The highest BCUT2D eigenvalue weighted by Crippen LogP contribution is 2.05. The van der Waals surface area contributed by atoms with Crippen LogP contribution in [0.15, 0.2) is 54.2 Å². The number of hydrogen-bond donors (Lipinski definition) is 0. The van der Waals surface area contributed by atoms with E-state index in [9.17, 15) is 0 Å². The van der Waals surface area contributed by atoms with Gasteiger partial charge in [0.05, 0.1) is 0 Å². The lowest BCUT2D eigenvalue weighted by Gasteiger charge is -1.88. The Morgan fingerprint density at radius 2 is 1.83 bits per heavy atom. The molecule has 0 fully saturated rings. The van der Waals surface area contributed by atoms with E-state index in [4.69, 9.17) is 0 Å². The van der Waals surface area contributed by atoms with E-state index in [2.05, 4.69) is 22.5 Å². The van der Waals surface area contributed by atoms with Gasteiger partial charge in [-0.05, 0) is 17.5 Å². The van der Waals surface area contributed by atoms with E-state index in [1.807, 2.05) is 36.0 Å². The molecule has 0 aromatic carbocycles. The van der Waals surface area contributed by atoms with Crippen molar-refractivity contribution >= 4 is 11.8 Å². The first kappa shape index (κ1) is 9.07. The molecule has 1 aliphatic heterocycles. The van der Waals surface area contributed by atoms with Crippen LogP contribution in [0.25, 0.3) is 0 Å². The number of pyridine rings is 1. The minimum atomic E-state index is 1.15. The second kappa shape index (κ2) is 6.68. The molecule has 0 saturated heterocycles. The maximum atomic E-state index is 3.78. The van der Waals surface area contributed by atoms with Crippen LogP contribution >= 0.6 is 11.8 Å². The largest absolute Gasteiger partial charge is 0.265 e. The molecule has 1 aliphatic rings. The highest BCUT2D eigenvalue weighted by molar-refractivity contribution is 8.02. The molecule has 2 heterocycles. The van der Waals surface area contributed by atoms with Gasteiger partial charge >= 0.3 is 0 Å². The summed E-state index contributed by atoms with van der Waals surface area (Å²) >= 11 is 1.83. The molecule has 0 atom stereocenters. The van der Waals surface area contributed by atoms with Gasteiger partial charge in [-0.2, -0.15) is 0 Å². The summed E-state index contributed by atoms with van der Waals surface area (Å²) in [7, 11) is 0. The summed E-state index contributed by atoms with van der Waals surface area (Å²) in [6.07, 6.45) is 9.76. The quantitative estimate of drug-likeness (QED) is 0.604. The van der Waals surface area contributed by atoms with Gasteiger partial charge in [0, 0.05) is 18.1 Å². The first-order valence-electron chi connectivity index (χ1n) is 3.78. The lowest BCUT2D eigenvalue weighted by molar-refractivity contribution is 1.33. The van der Waals surface area contributed by atoms with Crippen molar-refractivity contribution in [3.8, 4) is 0 Å². The molecule has 0 spiro atoms. The van der Waals surface area contributed by atoms with Crippen molar-refractivity contribution in [3.63, 3.8) is 0 Å². The molecule has 2 rings (SSSR count). The maximum Gasteiger partial charge on any atom is 0.0267 e. The Labute approximate surface area is 77.2 Å². The van der Waals surface area contributed by atoms with E-state index in [1.165, 1.54) is 0 Å². The van der Waals surface area contributed by atoms with Gasteiger partial charge < -0.3 is 0 Å². The molecule has 1 nitrogen and oxygen atoms in total. The van der Waals surface area contributed by atoms with E-state index < -0.39 is 0 Å². The first-order valence-corrected chi connectivity index (χ1v) is 4.83. The van der Waals surface area contributed by atoms with Gasteiger partial charge in [0.15, 0.2) is 0 Å². The van der Waals surface area contributed by atoms with Gasteiger partial charge in [-0.1, -0.05) is 24.3 Å². The monoisotopic (exact) mass is 177 g/mol. The molecule has 2 heteroatoms. The smallest absolute Gasteiger partial charge is 0.0267 e. The molecule has 0 radical (unpaired) electrons. The molecule has 12 heavy (non-hydrogen) atoms. The third-order valence-corrected chi connectivity index (χ3v) is 1.92. The molecular formula is C10H11NS. The minimum Gasteiger partial charge on any atom is -0.265 e. The van der Waals surface area contributed by atoms with Crippen LogP contribution in [-0.2, 0) is 0 Å². The third kappa shape index (κ3) is 4.74. The van der Waals surface area contributed by atoms with Gasteiger partial charge in [-0.25, -0.2) is 0 Å². The highest BCUT2D eigenvalue weighted by atomic mass is 32.2. The standard InChI is InChI=1S/C5H5N.C5H6S/c2*1-2-4-6-5-3-1/h1-5H;1-4H,5H2. The van der Waals surface area contributed by atoms with Crippen molar-refractivity contribution in [3.05, 3.63) is 54.2 Å². The molecule has 62 valence electrons. The normalized spacial score (nSPS) is 13.3. The van der Waals surface area contributed by atoms with Crippen LogP contribution in [0.3, 0.4) is 0 Å². The predicted molar refractivity (Wildman–Crippen MR) is 55.0 cm³/mol. The Kier molecular flexibility index (Phi) is 5.05. The Bertz CT molecular complexity index is 203. The van der Waals surface area contributed by atoms with Gasteiger partial charge in [0.25, 0.3) is 0 Å². The summed E-state index contributed by atoms with van der Waals surface area (Å²) in [5.41, 5.74) is 0. The van der Waals surface area contributed by atoms with Crippen LogP contribution in [0.5, 0.6) is 0 Å². The van der Waals surface area contributed by atoms with Gasteiger partial charge in [0.2, 0.25) is 0 Å². The Morgan fingerprint density at radius 1 is 1.00 bits per heavy atom. The Balaban J connectivity index is 0.000000120. The highest BCUT2D eigenvalue weighted by Gasteiger charge is 1.77. The molecule has 0 amide bonds. The second-order valence-electron chi connectivity index (χ2n) is 2.11. The maximum absolute atomic E-state index is 3.78. The average molecular weight is 177 g/mol. The zero-order valence-corrected chi connectivity index (χ0v) is 7.58. The van der Waals surface area contributed by atoms with Crippen molar-refractivity contribution < 1.29 is 0 Å². The summed E-state index contributed by atoms with van der Waals surface area (Å²) < 4.78 is 0. The fraction of sp³-hybridized carbons (Fsp3) is 0.100. The third-order valence-electron chi connectivity index (χ3n) is 1.18. The van der Waals surface area contributed by atoms with Crippen molar-refractivity contribution in [2.45, 2.75) is 0 Å². The van der Waals surface area contributed by atoms with Crippen LogP contribution in [-0.4, -0.2) is 10.7 Å². The molecular weight excluding hydrogens is 166 g/mol. The molecule has 0 aliphatic carbocycles. The Morgan fingerprint density at radius 3 is 2.00 bits per heavy atom. The van der Waals surface area contributed by atoms with Crippen LogP contribution < -0.4 is 0 Å². The van der Waals surface area contributed by atoms with Gasteiger partial charge in [-0.3, -0.25) is 4.98 Å². The fourth-order valence-electron chi connectivity index (χ4n) is 0.659. The number of hydrogen-bond acceptors (Lipinski definition) is 2. The second-order valence-corrected chi connectivity index (χ2v) is 3.05. The molecule has 1 aromatic heterocycles. The summed E-state index contributed by atoms with van der Waals surface area (Å²) in [4.78, 5) is 3.78. The van der Waals surface area contributed by atoms with Gasteiger partial charge in [0.1, 0.15) is 0 Å². The first-order chi connectivity index (χ1) is 6.00. The van der Waals surface area contributed by atoms with Crippen LogP contribution in [0.1, 0.15) is 0 Å². The van der Waals surface area contributed by atoms with E-state index in [1.54, 1.807) is 12.4 Å². The van der Waals surface area contributed by atoms with Crippen LogP contribution in [0.2, 0.25) is 0 Å². The minimum absolute atomic E-state index is 1.15. The molecule has 0 unspecified atom stereocenters. The number of rotatable bonds is 0. The molecule has 0 bridgehead atoms. The average Bonchev–Trinajstić information content (AvgIpc) is 2.24. The summed E-state index contributed by atoms with van der Waals surface area (Å²) in [5, 5.41) is 2.10. The molecule has 0 N–H and O–H groups in total. The number of nitrogens with zero attached hydrogens (tertiary/aromatic N) is 1. The van der Waals surface area contributed by atoms with Gasteiger partial charge in [-0.15, -0.1) is 11.8 Å². The Hall–Kier alpha value is -1.02. The lowest BCUT2D eigenvalue weighted by Crippen LogP contribution is -1.67. The van der Waals surface area contributed by atoms with Crippen molar-refractivity contribution in [2.75, 3.05) is 5.75 Å².